The van der Waals surface area contributed by atoms with Gasteiger partial charge in [0.25, 0.3) is 0 Å². The van der Waals surface area contributed by atoms with Crippen molar-refractivity contribution >= 4 is 5.97 Å². The van der Waals surface area contributed by atoms with Crippen molar-refractivity contribution in [1.29, 1.82) is 0 Å². The molecule has 0 aromatic heterocycles. The average Bonchev–Trinajstić information content (AvgIpc) is 3.03. The zero-order valence-electron chi connectivity index (χ0n) is 16.8. The van der Waals surface area contributed by atoms with Gasteiger partial charge in [0.05, 0.1) is 12.5 Å². The van der Waals surface area contributed by atoms with Gasteiger partial charge in [0.15, 0.2) is 0 Å². The van der Waals surface area contributed by atoms with Crippen molar-refractivity contribution in [2.45, 2.75) is 25.6 Å². The monoisotopic (exact) mass is 386 g/mol. The largest absolute Gasteiger partial charge is 0.459 e. The molecule has 0 N–H and O–H groups in total. The van der Waals surface area contributed by atoms with E-state index in [1.165, 1.54) is 0 Å². The van der Waals surface area contributed by atoms with E-state index in [1.807, 2.05) is 61.5 Å². The second kappa shape index (κ2) is 8.22. The van der Waals surface area contributed by atoms with Crippen molar-refractivity contribution in [1.82, 2.24) is 0 Å². The lowest BCUT2D eigenvalue weighted by atomic mass is 9.80. The fourth-order valence-corrected chi connectivity index (χ4v) is 4.06. The molecule has 0 saturated carbocycles. The van der Waals surface area contributed by atoms with E-state index >= 15 is 0 Å². The van der Waals surface area contributed by atoms with Gasteiger partial charge in [-0.25, -0.2) is 0 Å². The number of carbonyl (C=O) groups excluding carboxylic acids is 1. The lowest BCUT2D eigenvalue weighted by molar-refractivity contribution is -0.147. The Hall–Kier alpha value is -2.91. The standard InChI is InChI=1S/C26H26O3/c1-19-20(2)25(27)29-24(19)18-28-26(21-12-6-3-7-13-21,22-14-8-4-9-15-22)23-16-10-5-11-17-23/h3-17,19-20,24H,18H2,1-2H3/t19-,20-,24+/m0/s1. The fraction of sp³-hybridized carbons (Fsp3) is 0.269. The summed E-state index contributed by atoms with van der Waals surface area (Å²) < 4.78 is 12.4. The van der Waals surface area contributed by atoms with Gasteiger partial charge in [-0.3, -0.25) is 4.79 Å². The lowest BCUT2D eigenvalue weighted by Crippen LogP contribution is -2.36. The highest BCUT2D eigenvalue weighted by Crippen LogP contribution is 2.41. The molecule has 3 atom stereocenters. The molecule has 0 spiro atoms. The number of cyclic esters (lactones) is 1. The van der Waals surface area contributed by atoms with Gasteiger partial charge >= 0.3 is 5.97 Å². The number of hydrogen-bond acceptors (Lipinski definition) is 3. The number of ether oxygens (including phenoxy) is 2. The van der Waals surface area contributed by atoms with Crippen LogP contribution in [0.1, 0.15) is 30.5 Å². The van der Waals surface area contributed by atoms with Crippen molar-refractivity contribution < 1.29 is 14.3 Å². The quantitative estimate of drug-likeness (QED) is 0.432. The zero-order valence-corrected chi connectivity index (χ0v) is 16.8. The van der Waals surface area contributed by atoms with Gasteiger partial charge < -0.3 is 9.47 Å². The molecule has 0 amide bonds. The Bertz CT molecular complexity index is 841. The minimum absolute atomic E-state index is 0.108. The zero-order chi connectivity index (χ0) is 20.3. The molecule has 1 aliphatic rings. The fourth-order valence-electron chi connectivity index (χ4n) is 4.06. The molecule has 3 nitrogen and oxygen atoms in total. The van der Waals surface area contributed by atoms with Crippen molar-refractivity contribution in [3.63, 3.8) is 0 Å². The first-order chi connectivity index (χ1) is 14.1. The summed E-state index contributed by atoms with van der Waals surface area (Å²) in [5, 5.41) is 0. The predicted molar refractivity (Wildman–Crippen MR) is 113 cm³/mol. The van der Waals surface area contributed by atoms with Crippen molar-refractivity contribution in [2.24, 2.45) is 11.8 Å². The highest BCUT2D eigenvalue weighted by Gasteiger charge is 2.43. The van der Waals surface area contributed by atoms with Gasteiger partial charge in [0.2, 0.25) is 0 Å². The van der Waals surface area contributed by atoms with Crippen LogP contribution in [0.4, 0.5) is 0 Å². The van der Waals surface area contributed by atoms with Gasteiger partial charge in [0, 0.05) is 5.92 Å². The molecular weight excluding hydrogens is 360 g/mol. The van der Waals surface area contributed by atoms with Crippen LogP contribution in [0.5, 0.6) is 0 Å². The lowest BCUT2D eigenvalue weighted by Gasteiger charge is -2.37. The topological polar surface area (TPSA) is 35.5 Å². The number of benzene rings is 3. The summed E-state index contributed by atoms with van der Waals surface area (Å²) in [7, 11) is 0. The van der Waals surface area contributed by atoms with Gasteiger partial charge in [0.1, 0.15) is 11.7 Å². The minimum atomic E-state index is -0.790. The molecule has 148 valence electrons. The molecule has 0 radical (unpaired) electrons. The van der Waals surface area contributed by atoms with Crippen LogP contribution in [-0.2, 0) is 19.9 Å². The van der Waals surface area contributed by atoms with Crippen LogP contribution in [0, 0.1) is 11.8 Å². The normalized spacial score (nSPS) is 21.7. The molecule has 4 rings (SSSR count). The molecule has 0 bridgehead atoms. The summed E-state index contributed by atoms with van der Waals surface area (Å²) in [5.41, 5.74) is 2.34. The smallest absolute Gasteiger partial charge is 0.309 e. The predicted octanol–water partition coefficient (Wildman–Crippen LogP) is 5.19. The molecule has 1 fully saturated rings. The maximum atomic E-state index is 12.1. The van der Waals surface area contributed by atoms with E-state index in [2.05, 4.69) is 43.3 Å². The third kappa shape index (κ3) is 3.58. The Balaban J connectivity index is 1.81. The summed E-state index contributed by atoms with van der Waals surface area (Å²) in [5.74, 6) is -0.137. The molecule has 0 unspecified atom stereocenters. The van der Waals surface area contributed by atoms with Crippen LogP contribution in [0.25, 0.3) is 0 Å². The summed E-state index contributed by atoms with van der Waals surface area (Å²) in [4.78, 5) is 12.1. The molecule has 3 heteroatoms. The number of carbonyl (C=O) groups is 1. The van der Waals surface area contributed by atoms with Crippen LogP contribution in [0.3, 0.4) is 0 Å². The Morgan fingerprint density at radius 3 is 1.52 bits per heavy atom. The molecule has 29 heavy (non-hydrogen) atoms. The first-order valence-electron chi connectivity index (χ1n) is 10.1. The van der Waals surface area contributed by atoms with E-state index < -0.39 is 5.60 Å². The van der Waals surface area contributed by atoms with Gasteiger partial charge in [-0.05, 0) is 16.7 Å². The molecular formula is C26H26O3. The third-order valence-corrected chi connectivity index (χ3v) is 6.02. The maximum Gasteiger partial charge on any atom is 0.309 e. The molecule has 3 aromatic carbocycles. The van der Waals surface area contributed by atoms with Crippen LogP contribution >= 0.6 is 0 Å². The van der Waals surface area contributed by atoms with E-state index in [0.717, 1.165) is 16.7 Å². The third-order valence-electron chi connectivity index (χ3n) is 6.02. The van der Waals surface area contributed by atoms with E-state index in [0.29, 0.717) is 6.61 Å². The maximum absolute atomic E-state index is 12.1. The molecule has 1 saturated heterocycles. The Labute approximate surface area is 172 Å². The van der Waals surface area contributed by atoms with E-state index in [1.54, 1.807) is 0 Å². The van der Waals surface area contributed by atoms with Crippen LogP contribution in [-0.4, -0.2) is 18.7 Å². The molecule has 0 aliphatic carbocycles. The van der Waals surface area contributed by atoms with E-state index in [9.17, 15) is 4.79 Å². The van der Waals surface area contributed by atoms with E-state index in [4.69, 9.17) is 9.47 Å². The second-order valence-electron chi connectivity index (χ2n) is 7.71. The summed E-state index contributed by atoms with van der Waals surface area (Å²) in [6.07, 6.45) is -0.256. The average molecular weight is 386 g/mol. The van der Waals surface area contributed by atoms with Crippen LogP contribution in [0.2, 0.25) is 0 Å². The summed E-state index contributed by atoms with van der Waals surface area (Å²) >= 11 is 0. The summed E-state index contributed by atoms with van der Waals surface area (Å²) in [6.45, 7) is 4.31. The van der Waals surface area contributed by atoms with Gasteiger partial charge in [-0.1, -0.05) is 105 Å². The van der Waals surface area contributed by atoms with Crippen molar-refractivity contribution in [3.05, 3.63) is 108 Å². The number of hydrogen-bond donors (Lipinski definition) is 0. The van der Waals surface area contributed by atoms with Crippen LogP contribution < -0.4 is 0 Å². The minimum Gasteiger partial charge on any atom is -0.459 e. The first-order valence-corrected chi connectivity index (χ1v) is 10.1. The highest BCUT2D eigenvalue weighted by molar-refractivity contribution is 5.74. The van der Waals surface area contributed by atoms with E-state index in [-0.39, 0.29) is 23.9 Å². The first kappa shape index (κ1) is 19.4. The summed E-state index contributed by atoms with van der Waals surface area (Å²) in [6, 6.07) is 30.7. The molecule has 1 heterocycles. The molecule has 1 aliphatic heterocycles. The van der Waals surface area contributed by atoms with Gasteiger partial charge in [-0.15, -0.1) is 0 Å². The SMILES string of the molecule is C[C@H]1[C@H](C)C(=O)O[C@@H]1COC(c1ccccc1)(c1ccccc1)c1ccccc1. The Morgan fingerprint density at radius 2 is 1.17 bits per heavy atom. The molecule has 3 aromatic rings. The van der Waals surface area contributed by atoms with Crippen molar-refractivity contribution in [2.75, 3.05) is 6.61 Å². The van der Waals surface area contributed by atoms with Crippen molar-refractivity contribution in [3.8, 4) is 0 Å². The number of rotatable bonds is 6. The second-order valence-corrected chi connectivity index (χ2v) is 7.71. The Morgan fingerprint density at radius 1 is 0.759 bits per heavy atom. The Kier molecular flexibility index (Phi) is 5.50. The highest BCUT2D eigenvalue weighted by atomic mass is 16.6. The number of esters is 1. The van der Waals surface area contributed by atoms with Gasteiger partial charge in [-0.2, -0.15) is 0 Å². The van der Waals surface area contributed by atoms with Crippen LogP contribution in [0.15, 0.2) is 91.0 Å².